The quantitative estimate of drug-likeness (QED) is 0.753. The molecule has 2 saturated heterocycles. The minimum absolute atomic E-state index is 0.228. The average molecular weight is 369 g/mol. The van der Waals surface area contributed by atoms with Crippen LogP contribution in [-0.2, 0) is 11.3 Å². The Kier molecular flexibility index (Phi) is 4.49. The Morgan fingerprint density at radius 3 is 2.56 bits per heavy atom. The summed E-state index contributed by atoms with van der Waals surface area (Å²) < 4.78 is 27.4. The van der Waals surface area contributed by atoms with E-state index in [-0.39, 0.29) is 5.41 Å². The molecular formula is C19H23ClF2N2O. The average Bonchev–Trinajstić information content (AvgIpc) is 3.45. The van der Waals surface area contributed by atoms with Gasteiger partial charge < -0.3 is 4.90 Å². The van der Waals surface area contributed by atoms with E-state index in [0.29, 0.717) is 30.5 Å². The van der Waals surface area contributed by atoms with Crippen molar-refractivity contribution in [3.8, 4) is 0 Å². The van der Waals surface area contributed by atoms with Gasteiger partial charge in [0, 0.05) is 31.1 Å². The molecule has 0 unspecified atom stereocenters. The van der Waals surface area contributed by atoms with Gasteiger partial charge in [-0.1, -0.05) is 17.7 Å². The molecule has 1 aromatic carbocycles. The lowest BCUT2D eigenvalue weighted by atomic mass is 9.72. The highest BCUT2D eigenvalue weighted by molar-refractivity contribution is 6.30. The number of carbonyl (C=O) groups excluding carboxylic acids is 1. The van der Waals surface area contributed by atoms with Crippen LogP contribution in [0.4, 0.5) is 8.78 Å². The number of halogens is 3. The van der Waals surface area contributed by atoms with Crippen molar-refractivity contribution in [3.05, 3.63) is 34.4 Å². The highest BCUT2D eigenvalue weighted by Gasteiger charge is 2.45. The van der Waals surface area contributed by atoms with Gasteiger partial charge in [0.05, 0.1) is 0 Å². The third kappa shape index (κ3) is 3.41. The SMILES string of the molecule is O=C1CCC2(CCN(Cc3ccc(F)c(Cl)c3F)CC2)CN1C1CC1. The number of likely N-dealkylation sites (tertiary alicyclic amines) is 2. The summed E-state index contributed by atoms with van der Waals surface area (Å²) in [7, 11) is 0. The smallest absolute Gasteiger partial charge is 0.222 e. The lowest BCUT2D eigenvalue weighted by Crippen LogP contribution is -2.52. The lowest BCUT2D eigenvalue weighted by molar-refractivity contribution is -0.139. The highest BCUT2D eigenvalue weighted by atomic mass is 35.5. The zero-order chi connectivity index (χ0) is 17.6. The molecule has 6 heteroatoms. The van der Waals surface area contributed by atoms with Crippen molar-refractivity contribution < 1.29 is 13.6 Å². The van der Waals surface area contributed by atoms with E-state index in [2.05, 4.69) is 9.80 Å². The van der Waals surface area contributed by atoms with Crippen molar-refractivity contribution in [2.75, 3.05) is 19.6 Å². The summed E-state index contributed by atoms with van der Waals surface area (Å²) in [4.78, 5) is 16.4. The maximum absolute atomic E-state index is 14.1. The Bertz CT molecular complexity index is 684. The number of rotatable bonds is 3. The van der Waals surface area contributed by atoms with Crippen molar-refractivity contribution in [1.82, 2.24) is 9.80 Å². The van der Waals surface area contributed by atoms with Gasteiger partial charge in [-0.15, -0.1) is 0 Å². The standard InChI is InChI=1S/C19H23ClF2N2O/c20-17-15(21)4-1-13(18(17)22)11-23-9-7-19(8-10-23)6-5-16(25)24(12-19)14-2-3-14/h1,4,14H,2-3,5-12H2. The van der Waals surface area contributed by atoms with Gasteiger partial charge >= 0.3 is 0 Å². The van der Waals surface area contributed by atoms with E-state index >= 15 is 0 Å². The summed E-state index contributed by atoms with van der Waals surface area (Å²) in [6.45, 7) is 3.09. The molecule has 25 heavy (non-hydrogen) atoms. The van der Waals surface area contributed by atoms with E-state index < -0.39 is 16.7 Å². The molecule has 0 radical (unpaired) electrons. The number of hydrogen-bond donors (Lipinski definition) is 0. The van der Waals surface area contributed by atoms with Crippen LogP contribution in [0.1, 0.15) is 44.1 Å². The third-order valence-electron chi connectivity index (χ3n) is 6.11. The van der Waals surface area contributed by atoms with Gasteiger partial charge in [-0.25, -0.2) is 8.78 Å². The first kappa shape index (κ1) is 17.2. The normalized spacial score (nSPS) is 24.1. The Morgan fingerprint density at radius 2 is 1.88 bits per heavy atom. The van der Waals surface area contributed by atoms with E-state index in [4.69, 9.17) is 11.6 Å². The Balaban J connectivity index is 1.38. The molecule has 136 valence electrons. The molecule has 3 nitrogen and oxygen atoms in total. The number of piperidine rings is 2. The van der Waals surface area contributed by atoms with Crippen LogP contribution in [0.25, 0.3) is 0 Å². The first-order valence-electron chi connectivity index (χ1n) is 9.12. The van der Waals surface area contributed by atoms with Gasteiger partial charge in [0.1, 0.15) is 16.7 Å². The molecule has 3 fully saturated rings. The predicted octanol–water partition coefficient (Wildman–Crippen LogP) is 3.99. The maximum atomic E-state index is 14.1. The molecule has 4 rings (SSSR count). The molecule has 1 aliphatic carbocycles. The summed E-state index contributed by atoms with van der Waals surface area (Å²) in [5.41, 5.74) is 0.673. The first-order chi connectivity index (χ1) is 12.0. The van der Waals surface area contributed by atoms with Gasteiger partial charge in [-0.05, 0) is 56.7 Å². The second-order valence-corrected chi connectivity index (χ2v) is 8.24. The lowest BCUT2D eigenvalue weighted by Gasteiger charge is -2.47. The van der Waals surface area contributed by atoms with Crippen LogP contribution in [0.3, 0.4) is 0 Å². The molecule has 2 heterocycles. The van der Waals surface area contributed by atoms with Crippen LogP contribution in [-0.4, -0.2) is 41.4 Å². The van der Waals surface area contributed by atoms with Crippen molar-refractivity contribution in [2.45, 2.75) is 51.1 Å². The molecule has 0 aromatic heterocycles. The minimum atomic E-state index is -0.715. The Hall–Kier alpha value is -1.20. The topological polar surface area (TPSA) is 23.6 Å². The van der Waals surface area contributed by atoms with E-state index in [9.17, 15) is 13.6 Å². The largest absolute Gasteiger partial charge is 0.339 e. The second-order valence-electron chi connectivity index (χ2n) is 7.86. The third-order valence-corrected chi connectivity index (χ3v) is 6.46. The number of benzene rings is 1. The van der Waals surface area contributed by atoms with Crippen molar-refractivity contribution in [2.24, 2.45) is 5.41 Å². The zero-order valence-electron chi connectivity index (χ0n) is 14.2. The van der Waals surface area contributed by atoms with Crippen LogP contribution < -0.4 is 0 Å². The Morgan fingerprint density at radius 1 is 1.16 bits per heavy atom. The second kappa shape index (κ2) is 6.51. The minimum Gasteiger partial charge on any atom is -0.339 e. The fourth-order valence-electron chi connectivity index (χ4n) is 4.29. The summed E-state index contributed by atoms with van der Waals surface area (Å²) >= 11 is 5.68. The number of nitrogens with zero attached hydrogens (tertiary/aromatic N) is 2. The van der Waals surface area contributed by atoms with Crippen molar-refractivity contribution in [3.63, 3.8) is 0 Å². The fraction of sp³-hybridized carbons (Fsp3) is 0.632. The molecule has 1 saturated carbocycles. The van der Waals surface area contributed by atoms with Crippen LogP contribution in [0.15, 0.2) is 12.1 Å². The van der Waals surface area contributed by atoms with Gasteiger partial charge in [0.2, 0.25) is 5.91 Å². The zero-order valence-corrected chi connectivity index (χ0v) is 15.0. The molecule has 1 spiro atoms. The fourth-order valence-corrected chi connectivity index (χ4v) is 4.47. The van der Waals surface area contributed by atoms with Crippen LogP contribution >= 0.6 is 11.6 Å². The van der Waals surface area contributed by atoms with Crippen LogP contribution in [0.5, 0.6) is 0 Å². The van der Waals surface area contributed by atoms with Crippen molar-refractivity contribution >= 4 is 17.5 Å². The van der Waals surface area contributed by atoms with Crippen molar-refractivity contribution in [1.29, 1.82) is 0 Å². The molecule has 1 amide bonds. The summed E-state index contributed by atoms with van der Waals surface area (Å²) in [5, 5.41) is -0.420. The molecule has 0 N–H and O–H groups in total. The number of hydrogen-bond acceptors (Lipinski definition) is 2. The molecule has 1 aromatic rings. The van der Waals surface area contributed by atoms with E-state index in [1.165, 1.54) is 12.1 Å². The molecule has 0 atom stereocenters. The number of amides is 1. The van der Waals surface area contributed by atoms with Crippen LogP contribution in [0.2, 0.25) is 5.02 Å². The summed E-state index contributed by atoms with van der Waals surface area (Å²) in [5.74, 6) is -1.05. The Labute approximate surface area is 151 Å². The van der Waals surface area contributed by atoms with Gasteiger partial charge in [-0.2, -0.15) is 0 Å². The first-order valence-corrected chi connectivity index (χ1v) is 9.49. The van der Waals surface area contributed by atoms with E-state index in [1.54, 1.807) is 0 Å². The predicted molar refractivity (Wildman–Crippen MR) is 92.3 cm³/mol. The van der Waals surface area contributed by atoms with Gasteiger partial charge in [0.25, 0.3) is 0 Å². The monoisotopic (exact) mass is 368 g/mol. The molecule has 2 aliphatic heterocycles. The highest BCUT2D eigenvalue weighted by Crippen LogP contribution is 2.43. The summed E-state index contributed by atoms with van der Waals surface area (Å²) in [6.07, 6.45) is 6.00. The number of carbonyl (C=O) groups is 1. The molecular weight excluding hydrogens is 346 g/mol. The van der Waals surface area contributed by atoms with Crippen LogP contribution in [0, 0.1) is 17.0 Å². The maximum Gasteiger partial charge on any atom is 0.222 e. The van der Waals surface area contributed by atoms with Gasteiger partial charge in [0.15, 0.2) is 0 Å². The van der Waals surface area contributed by atoms with Gasteiger partial charge in [-0.3, -0.25) is 9.69 Å². The molecule has 0 bridgehead atoms. The summed E-state index contributed by atoms with van der Waals surface area (Å²) in [6, 6.07) is 3.19. The van der Waals surface area contributed by atoms with E-state index in [0.717, 1.165) is 51.7 Å². The van der Waals surface area contributed by atoms with E-state index in [1.807, 2.05) is 0 Å². The molecule has 3 aliphatic rings.